The summed E-state index contributed by atoms with van der Waals surface area (Å²) in [6, 6.07) is 85.9. The van der Waals surface area contributed by atoms with Crippen molar-refractivity contribution in [2.75, 3.05) is 5.90 Å². The minimum atomic E-state index is -0.847. The van der Waals surface area contributed by atoms with Gasteiger partial charge < -0.3 is 12.8 Å². The SMILES string of the molecule is [Au+].[Au+].[C-]#Cc1cc2c3ccccc3ccc2c2ccccc12.[C-]#Cc1cc2ccccc2c2ccccc12.c1ccc([PH+](C[PH+](c2ccccc2)c2ccccc2)c2ccccc2)cc1. The first-order chi connectivity index (χ1) is 31.2. The summed E-state index contributed by atoms with van der Waals surface area (Å²) in [6.07, 6.45) is 14.9. The van der Waals surface area contributed by atoms with Gasteiger partial charge in [-0.15, -0.1) is 23.3 Å². The zero-order chi connectivity index (χ0) is 42.8. The molecule has 0 aliphatic rings. The number of hydrogen-bond acceptors (Lipinski definition) is 0. The van der Waals surface area contributed by atoms with Crippen molar-refractivity contribution >= 4 is 90.9 Å². The predicted octanol–water partition coefficient (Wildman–Crippen LogP) is 13.7. The molecule has 0 heterocycles. The van der Waals surface area contributed by atoms with E-state index in [1.54, 1.807) is 0 Å². The maximum atomic E-state index is 7.56. The maximum absolute atomic E-state index is 7.56. The zero-order valence-electron chi connectivity index (χ0n) is 35.4. The van der Waals surface area contributed by atoms with E-state index in [1.807, 2.05) is 48.5 Å². The molecular formula is C61H44Au2P2+2. The van der Waals surface area contributed by atoms with Gasteiger partial charge in [-0.3, -0.25) is 11.8 Å². The van der Waals surface area contributed by atoms with Crippen molar-refractivity contribution in [3.8, 4) is 11.8 Å². The van der Waals surface area contributed by atoms with Gasteiger partial charge in [0.2, 0.25) is 0 Å². The van der Waals surface area contributed by atoms with Crippen LogP contribution in [0.25, 0.3) is 53.9 Å². The minimum absolute atomic E-state index is 0. The van der Waals surface area contributed by atoms with E-state index in [2.05, 4.69) is 206 Å². The fraction of sp³-hybridized carbons (Fsp3) is 0.0164. The van der Waals surface area contributed by atoms with Crippen LogP contribution in [0.5, 0.6) is 0 Å². The minimum Gasteiger partial charge on any atom is -0.366 e. The van der Waals surface area contributed by atoms with Crippen LogP contribution in [-0.2, 0) is 44.8 Å². The van der Waals surface area contributed by atoms with Gasteiger partial charge in [0, 0.05) is 0 Å². The van der Waals surface area contributed by atoms with Gasteiger partial charge in [0.15, 0.2) is 5.90 Å². The van der Waals surface area contributed by atoms with Crippen LogP contribution in [0.2, 0.25) is 0 Å². The Morgan fingerprint density at radius 1 is 0.277 bits per heavy atom. The van der Waals surface area contributed by atoms with Crippen LogP contribution >= 0.6 is 15.8 Å². The van der Waals surface area contributed by atoms with Crippen molar-refractivity contribution in [3.05, 3.63) is 267 Å². The molecule has 0 radical (unpaired) electrons. The Kier molecular flexibility index (Phi) is 16.6. The Morgan fingerprint density at radius 3 is 1.02 bits per heavy atom. The summed E-state index contributed by atoms with van der Waals surface area (Å²) >= 11 is 0. The molecule has 0 fully saturated rings. The first-order valence-corrected chi connectivity index (χ1v) is 24.6. The van der Waals surface area contributed by atoms with Crippen molar-refractivity contribution < 1.29 is 44.8 Å². The van der Waals surface area contributed by atoms with Gasteiger partial charge in [-0.1, -0.05) is 193 Å². The summed E-state index contributed by atoms with van der Waals surface area (Å²) in [5.74, 6) is 6.34. The van der Waals surface area contributed by atoms with Crippen LogP contribution in [0, 0.1) is 24.7 Å². The zero-order valence-corrected chi connectivity index (χ0v) is 41.7. The van der Waals surface area contributed by atoms with E-state index in [4.69, 9.17) is 12.8 Å². The van der Waals surface area contributed by atoms with E-state index in [1.165, 1.54) is 64.8 Å². The standard InChI is InChI=1S/C25H22P2.C20H11.C16H9.2Au/c1-5-13-22(14-6-1)26(23-15-7-2-8-16-23)21-27(24-17-9-3-10-18-24)25-19-11-4-12-20-25;1-2-14-13-20-17-9-4-3-7-15(17)11-12-19(20)18-10-6-5-8-16(14)18;1-2-12-11-13-7-3-4-9-15(13)16-10-6-5-8-14(12)16;;/h1-20H,21H2;3-13H;3-11H;;/q;2*-1;2*+1/p+2. The molecule has 0 atom stereocenters. The Labute approximate surface area is 416 Å². The van der Waals surface area contributed by atoms with Crippen molar-refractivity contribution in [2.24, 2.45) is 0 Å². The molecule has 0 nitrogen and oxygen atoms in total. The monoisotopic (exact) mass is 1230 g/mol. The third kappa shape index (κ3) is 10.7. The summed E-state index contributed by atoms with van der Waals surface area (Å²) in [5, 5.41) is 17.8. The molecule has 0 bridgehead atoms. The molecule has 0 aromatic heterocycles. The van der Waals surface area contributed by atoms with E-state index in [0.717, 1.165) is 27.3 Å². The van der Waals surface area contributed by atoms with E-state index in [-0.39, 0.29) is 44.8 Å². The summed E-state index contributed by atoms with van der Waals surface area (Å²) in [6.45, 7) is 0. The van der Waals surface area contributed by atoms with Gasteiger partial charge in [0.25, 0.3) is 0 Å². The Balaban J connectivity index is 0.000000148. The number of benzene rings is 11. The third-order valence-electron chi connectivity index (χ3n) is 11.6. The summed E-state index contributed by atoms with van der Waals surface area (Å²) in [7, 11) is -1.69. The van der Waals surface area contributed by atoms with E-state index >= 15 is 0 Å². The van der Waals surface area contributed by atoms with Crippen LogP contribution in [0.1, 0.15) is 11.1 Å². The molecule has 11 rings (SSSR count). The van der Waals surface area contributed by atoms with Gasteiger partial charge in [0.1, 0.15) is 37.1 Å². The summed E-state index contributed by atoms with van der Waals surface area (Å²) in [5.41, 5.74) is 1.71. The average molecular weight is 1230 g/mol. The molecule has 11 aromatic rings. The van der Waals surface area contributed by atoms with Crippen LogP contribution in [0.15, 0.2) is 243 Å². The second-order valence-electron chi connectivity index (χ2n) is 15.4. The second kappa shape index (κ2) is 22.9. The van der Waals surface area contributed by atoms with Gasteiger partial charge in [-0.2, -0.15) is 0 Å². The van der Waals surface area contributed by atoms with Crippen molar-refractivity contribution in [2.45, 2.75) is 0 Å². The second-order valence-corrected chi connectivity index (χ2v) is 21.0. The van der Waals surface area contributed by atoms with Crippen LogP contribution in [0.4, 0.5) is 0 Å². The molecule has 0 aliphatic carbocycles. The Hall–Kier alpha value is -5.82. The number of fused-ring (bicyclic) bond motifs is 8. The molecule has 0 spiro atoms. The summed E-state index contributed by atoms with van der Waals surface area (Å²) in [4.78, 5) is 0. The molecule has 0 N–H and O–H groups in total. The smallest absolute Gasteiger partial charge is 0.366 e. The fourth-order valence-electron chi connectivity index (χ4n) is 8.60. The van der Waals surface area contributed by atoms with Crippen molar-refractivity contribution in [3.63, 3.8) is 0 Å². The molecule has 65 heavy (non-hydrogen) atoms. The van der Waals surface area contributed by atoms with Gasteiger partial charge in [-0.05, 0) is 91.6 Å². The topological polar surface area (TPSA) is 0 Å². The molecule has 318 valence electrons. The normalized spacial score (nSPS) is 10.5. The average Bonchev–Trinajstić information content (AvgIpc) is 3.37. The third-order valence-corrected chi connectivity index (χ3v) is 18.6. The molecule has 0 amide bonds. The van der Waals surface area contributed by atoms with Crippen LogP contribution in [0.3, 0.4) is 0 Å². The van der Waals surface area contributed by atoms with Gasteiger partial charge >= 0.3 is 44.8 Å². The van der Waals surface area contributed by atoms with E-state index in [9.17, 15) is 0 Å². The molecule has 0 unspecified atom stereocenters. The summed E-state index contributed by atoms with van der Waals surface area (Å²) < 4.78 is 0. The largest absolute Gasteiger partial charge is 1.00 e. The predicted molar refractivity (Wildman–Crippen MR) is 279 cm³/mol. The van der Waals surface area contributed by atoms with E-state index < -0.39 is 15.8 Å². The van der Waals surface area contributed by atoms with Crippen LogP contribution < -0.4 is 21.2 Å². The van der Waals surface area contributed by atoms with E-state index in [0.29, 0.717) is 0 Å². The van der Waals surface area contributed by atoms with Gasteiger partial charge in [-0.25, -0.2) is 0 Å². The Morgan fingerprint density at radius 2 is 0.585 bits per heavy atom. The molecule has 0 saturated heterocycles. The van der Waals surface area contributed by atoms with Gasteiger partial charge in [0.05, 0.1) is 0 Å². The Bertz CT molecular complexity index is 3240. The van der Waals surface area contributed by atoms with Crippen LogP contribution in [-0.4, -0.2) is 5.90 Å². The molecular weight excluding hydrogens is 1190 g/mol. The quantitative estimate of drug-likeness (QED) is 0.0512. The fourth-order valence-corrected chi connectivity index (χ4v) is 16.3. The van der Waals surface area contributed by atoms with Crippen molar-refractivity contribution in [1.29, 1.82) is 0 Å². The number of rotatable bonds is 6. The maximum Gasteiger partial charge on any atom is 1.00 e. The first-order valence-electron chi connectivity index (χ1n) is 21.2. The molecule has 0 saturated carbocycles. The molecule has 0 aliphatic heterocycles. The number of hydrogen-bond donors (Lipinski definition) is 0. The molecule has 4 heteroatoms. The first kappa shape index (κ1) is 47.2. The molecule has 11 aromatic carbocycles. The van der Waals surface area contributed by atoms with Crippen molar-refractivity contribution in [1.82, 2.24) is 0 Å².